The van der Waals surface area contributed by atoms with E-state index in [0.717, 1.165) is 25.6 Å². The number of aromatic nitrogens is 1. The summed E-state index contributed by atoms with van der Waals surface area (Å²) in [5, 5.41) is 12.6. The fourth-order valence-corrected chi connectivity index (χ4v) is 1.65. The van der Waals surface area contributed by atoms with Gasteiger partial charge in [0.2, 0.25) is 5.88 Å². The van der Waals surface area contributed by atoms with E-state index in [4.69, 9.17) is 0 Å². The van der Waals surface area contributed by atoms with Crippen LogP contribution in [0.5, 0.6) is 5.88 Å². The quantitative estimate of drug-likeness (QED) is 0.755. The molecule has 0 aliphatic carbocycles. The highest BCUT2D eigenvalue weighted by atomic mass is 35.5. The molecule has 2 rings (SSSR count). The van der Waals surface area contributed by atoms with Crippen molar-refractivity contribution in [3.05, 3.63) is 23.6 Å². The molecule has 0 radical (unpaired) electrons. The Morgan fingerprint density at radius 1 is 1.57 bits per heavy atom. The molecule has 1 aliphatic rings. The third-order valence-corrected chi connectivity index (χ3v) is 2.30. The van der Waals surface area contributed by atoms with Gasteiger partial charge in [-0.3, -0.25) is 0 Å². The molecule has 1 unspecified atom stereocenters. The molecule has 2 N–H and O–H groups in total. The minimum absolute atomic E-state index is 0. The lowest BCUT2D eigenvalue weighted by Crippen LogP contribution is -2.13. The van der Waals surface area contributed by atoms with Gasteiger partial charge in [-0.1, -0.05) is 0 Å². The SMILES string of the molecule is Cl.Oc1ncc(F)cc1C1CCCN1. The van der Waals surface area contributed by atoms with E-state index in [0.29, 0.717) is 5.56 Å². The Bertz CT molecular complexity index is 316. The van der Waals surface area contributed by atoms with Crippen LogP contribution >= 0.6 is 12.4 Å². The van der Waals surface area contributed by atoms with Crippen LogP contribution in [0, 0.1) is 5.82 Å². The number of nitrogens with one attached hydrogen (secondary N) is 1. The van der Waals surface area contributed by atoms with Crippen LogP contribution in [0.4, 0.5) is 4.39 Å². The molecule has 0 saturated carbocycles. The predicted octanol–water partition coefficient (Wildman–Crippen LogP) is 1.77. The second kappa shape index (κ2) is 4.57. The second-order valence-corrected chi connectivity index (χ2v) is 3.22. The van der Waals surface area contributed by atoms with Crippen LogP contribution < -0.4 is 5.32 Å². The summed E-state index contributed by atoms with van der Waals surface area (Å²) in [4.78, 5) is 3.56. The largest absolute Gasteiger partial charge is 0.493 e. The van der Waals surface area contributed by atoms with Crippen LogP contribution in [-0.4, -0.2) is 16.6 Å². The smallest absolute Gasteiger partial charge is 0.215 e. The van der Waals surface area contributed by atoms with Gasteiger partial charge in [0.1, 0.15) is 5.82 Å². The third kappa shape index (κ3) is 2.13. The van der Waals surface area contributed by atoms with E-state index in [2.05, 4.69) is 10.3 Å². The van der Waals surface area contributed by atoms with Crippen molar-refractivity contribution in [2.75, 3.05) is 6.54 Å². The molecule has 0 amide bonds. The van der Waals surface area contributed by atoms with Gasteiger partial charge in [0, 0.05) is 11.6 Å². The summed E-state index contributed by atoms with van der Waals surface area (Å²) in [6.07, 6.45) is 3.01. The number of pyridine rings is 1. The number of rotatable bonds is 1. The van der Waals surface area contributed by atoms with Crippen molar-refractivity contribution in [3.63, 3.8) is 0 Å². The molecule has 0 spiro atoms. The van der Waals surface area contributed by atoms with Crippen LogP contribution in [0.2, 0.25) is 0 Å². The van der Waals surface area contributed by atoms with E-state index in [-0.39, 0.29) is 24.3 Å². The minimum atomic E-state index is -0.401. The summed E-state index contributed by atoms with van der Waals surface area (Å²) in [6.45, 7) is 0.917. The Balaban J connectivity index is 0.000000980. The molecule has 3 nitrogen and oxygen atoms in total. The van der Waals surface area contributed by atoms with Crippen LogP contribution in [0.25, 0.3) is 0 Å². The maximum atomic E-state index is 12.8. The molecule has 2 heterocycles. The molecule has 1 atom stereocenters. The summed E-state index contributed by atoms with van der Waals surface area (Å²) in [5.74, 6) is -0.470. The first-order chi connectivity index (χ1) is 6.27. The number of halogens is 2. The molecular formula is C9H12ClFN2O. The first-order valence-electron chi connectivity index (χ1n) is 4.35. The highest BCUT2D eigenvalue weighted by Crippen LogP contribution is 2.28. The van der Waals surface area contributed by atoms with E-state index >= 15 is 0 Å². The lowest BCUT2D eigenvalue weighted by atomic mass is 10.1. The summed E-state index contributed by atoms with van der Waals surface area (Å²) in [5.41, 5.74) is 0.567. The first-order valence-corrected chi connectivity index (χ1v) is 4.35. The fraction of sp³-hybridized carbons (Fsp3) is 0.444. The van der Waals surface area contributed by atoms with Crippen molar-refractivity contribution in [1.29, 1.82) is 0 Å². The van der Waals surface area contributed by atoms with Gasteiger partial charge in [0.05, 0.1) is 6.20 Å². The Morgan fingerprint density at radius 2 is 2.36 bits per heavy atom. The van der Waals surface area contributed by atoms with Gasteiger partial charge in [-0.15, -0.1) is 12.4 Å². The normalized spacial score (nSPS) is 20.5. The monoisotopic (exact) mass is 218 g/mol. The zero-order valence-corrected chi connectivity index (χ0v) is 8.35. The molecular weight excluding hydrogens is 207 g/mol. The number of hydrogen-bond donors (Lipinski definition) is 2. The lowest BCUT2D eigenvalue weighted by molar-refractivity contribution is 0.431. The van der Waals surface area contributed by atoms with E-state index in [1.807, 2.05) is 0 Å². The van der Waals surface area contributed by atoms with Crippen molar-refractivity contribution in [3.8, 4) is 5.88 Å². The maximum absolute atomic E-state index is 12.8. The summed E-state index contributed by atoms with van der Waals surface area (Å²) in [7, 11) is 0. The molecule has 1 aromatic rings. The van der Waals surface area contributed by atoms with Crippen molar-refractivity contribution >= 4 is 12.4 Å². The number of hydrogen-bond acceptors (Lipinski definition) is 3. The fourth-order valence-electron chi connectivity index (χ4n) is 1.65. The Labute approximate surface area is 87.8 Å². The molecule has 0 aromatic carbocycles. The zero-order valence-electron chi connectivity index (χ0n) is 7.53. The van der Waals surface area contributed by atoms with Crippen LogP contribution in [0.15, 0.2) is 12.3 Å². The van der Waals surface area contributed by atoms with Gasteiger partial charge in [0.15, 0.2) is 0 Å². The first kappa shape index (κ1) is 11.2. The topological polar surface area (TPSA) is 45.2 Å². The second-order valence-electron chi connectivity index (χ2n) is 3.22. The van der Waals surface area contributed by atoms with Gasteiger partial charge in [0.25, 0.3) is 0 Å². The maximum Gasteiger partial charge on any atom is 0.215 e. The highest BCUT2D eigenvalue weighted by Gasteiger charge is 2.20. The van der Waals surface area contributed by atoms with Crippen LogP contribution in [0.1, 0.15) is 24.4 Å². The molecule has 1 saturated heterocycles. The van der Waals surface area contributed by atoms with Gasteiger partial charge in [-0.25, -0.2) is 9.37 Å². The summed E-state index contributed by atoms with van der Waals surface area (Å²) < 4.78 is 12.8. The standard InChI is InChI=1S/C9H11FN2O.ClH/c10-6-4-7(9(13)12-5-6)8-2-1-3-11-8;/h4-5,8,11H,1-3H2,(H,12,13);1H. The Hall–Kier alpha value is -0.870. The van der Waals surface area contributed by atoms with E-state index in [1.165, 1.54) is 6.07 Å². The minimum Gasteiger partial charge on any atom is -0.493 e. The highest BCUT2D eigenvalue weighted by molar-refractivity contribution is 5.85. The predicted molar refractivity (Wildman–Crippen MR) is 53.1 cm³/mol. The molecule has 1 fully saturated rings. The Kier molecular flexibility index (Phi) is 3.66. The van der Waals surface area contributed by atoms with Gasteiger partial charge < -0.3 is 10.4 Å². The summed E-state index contributed by atoms with van der Waals surface area (Å²) >= 11 is 0. The van der Waals surface area contributed by atoms with Crippen molar-refractivity contribution in [2.45, 2.75) is 18.9 Å². The average molecular weight is 219 g/mol. The van der Waals surface area contributed by atoms with Crippen LogP contribution in [0.3, 0.4) is 0 Å². The molecule has 0 bridgehead atoms. The van der Waals surface area contributed by atoms with Gasteiger partial charge >= 0.3 is 0 Å². The molecule has 78 valence electrons. The zero-order chi connectivity index (χ0) is 9.26. The van der Waals surface area contributed by atoms with Gasteiger partial charge in [-0.05, 0) is 25.5 Å². The molecule has 5 heteroatoms. The van der Waals surface area contributed by atoms with Crippen LogP contribution in [-0.2, 0) is 0 Å². The molecule has 1 aromatic heterocycles. The van der Waals surface area contributed by atoms with Crippen molar-refractivity contribution in [2.24, 2.45) is 0 Å². The van der Waals surface area contributed by atoms with E-state index < -0.39 is 5.82 Å². The summed E-state index contributed by atoms with van der Waals surface area (Å²) in [6, 6.07) is 1.40. The van der Waals surface area contributed by atoms with E-state index in [9.17, 15) is 9.50 Å². The Morgan fingerprint density at radius 3 is 3.00 bits per heavy atom. The molecule has 1 aliphatic heterocycles. The van der Waals surface area contributed by atoms with Gasteiger partial charge in [-0.2, -0.15) is 0 Å². The lowest BCUT2D eigenvalue weighted by Gasteiger charge is -2.10. The molecule has 14 heavy (non-hydrogen) atoms. The van der Waals surface area contributed by atoms with Crippen molar-refractivity contribution < 1.29 is 9.50 Å². The van der Waals surface area contributed by atoms with E-state index in [1.54, 1.807) is 0 Å². The van der Waals surface area contributed by atoms with Crippen molar-refractivity contribution in [1.82, 2.24) is 10.3 Å². The number of aromatic hydroxyl groups is 1. The number of nitrogens with zero attached hydrogens (tertiary/aromatic N) is 1. The average Bonchev–Trinajstić information content (AvgIpc) is 2.61. The third-order valence-electron chi connectivity index (χ3n) is 2.30.